The lowest BCUT2D eigenvalue weighted by Gasteiger charge is -2.35. The number of piperazine rings is 1. The number of hydrogen-bond donors (Lipinski definition) is 2. The summed E-state index contributed by atoms with van der Waals surface area (Å²) >= 11 is 0. The molecule has 2 aliphatic heterocycles. The number of benzene rings is 1. The zero-order valence-electron chi connectivity index (χ0n) is 15.2. The van der Waals surface area contributed by atoms with Crippen LogP contribution in [0.5, 0.6) is 0 Å². The molecular weight excluding hydrogens is 332 g/mol. The standard InChI is InChI=1S/C19H28N4O3/c20-19(6-12-26-13-7-19)18(25)21-14-17(24)23-10-8-22(9-11-23)15-16-4-2-1-3-5-16/h1-5H,6-15,20H2,(H,21,25). The second-order valence-corrected chi connectivity index (χ2v) is 7.09. The molecule has 2 aliphatic rings. The molecule has 2 heterocycles. The van der Waals surface area contributed by atoms with Gasteiger partial charge in [0.15, 0.2) is 0 Å². The number of hydrogen-bond acceptors (Lipinski definition) is 5. The fourth-order valence-corrected chi connectivity index (χ4v) is 3.40. The molecule has 3 rings (SSSR count). The molecule has 2 saturated heterocycles. The van der Waals surface area contributed by atoms with Crippen molar-refractivity contribution in [2.75, 3.05) is 45.9 Å². The monoisotopic (exact) mass is 360 g/mol. The number of nitrogens with two attached hydrogens (primary N) is 1. The first-order chi connectivity index (χ1) is 12.6. The number of nitrogens with zero attached hydrogens (tertiary/aromatic N) is 2. The van der Waals surface area contributed by atoms with E-state index in [1.165, 1.54) is 5.56 Å². The Morgan fingerprint density at radius 3 is 2.38 bits per heavy atom. The molecule has 0 saturated carbocycles. The van der Waals surface area contributed by atoms with Gasteiger partial charge in [-0.05, 0) is 18.4 Å². The maximum absolute atomic E-state index is 12.4. The smallest absolute Gasteiger partial charge is 0.242 e. The van der Waals surface area contributed by atoms with Crippen LogP contribution in [-0.2, 0) is 20.9 Å². The third-order valence-electron chi connectivity index (χ3n) is 5.21. The number of nitrogens with one attached hydrogen (secondary N) is 1. The van der Waals surface area contributed by atoms with E-state index in [-0.39, 0.29) is 18.4 Å². The normalized spacial score (nSPS) is 20.6. The second-order valence-electron chi connectivity index (χ2n) is 7.09. The Morgan fingerprint density at radius 2 is 1.73 bits per heavy atom. The molecule has 0 atom stereocenters. The summed E-state index contributed by atoms with van der Waals surface area (Å²) in [6, 6.07) is 10.3. The molecular formula is C19H28N4O3. The van der Waals surface area contributed by atoms with Crippen molar-refractivity contribution in [2.45, 2.75) is 24.9 Å². The Balaban J connectivity index is 1.40. The van der Waals surface area contributed by atoms with Crippen molar-refractivity contribution in [1.82, 2.24) is 15.1 Å². The van der Waals surface area contributed by atoms with Crippen molar-refractivity contribution < 1.29 is 14.3 Å². The molecule has 2 amide bonds. The molecule has 26 heavy (non-hydrogen) atoms. The summed E-state index contributed by atoms with van der Waals surface area (Å²) in [4.78, 5) is 28.8. The van der Waals surface area contributed by atoms with E-state index in [1.807, 2.05) is 23.1 Å². The van der Waals surface area contributed by atoms with E-state index in [0.29, 0.717) is 39.1 Å². The predicted molar refractivity (Wildman–Crippen MR) is 98.3 cm³/mol. The number of amides is 2. The van der Waals surface area contributed by atoms with Crippen molar-refractivity contribution in [3.63, 3.8) is 0 Å². The van der Waals surface area contributed by atoms with E-state index >= 15 is 0 Å². The summed E-state index contributed by atoms with van der Waals surface area (Å²) < 4.78 is 5.25. The van der Waals surface area contributed by atoms with Crippen molar-refractivity contribution in [2.24, 2.45) is 5.73 Å². The highest BCUT2D eigenvalue weighted by atomic mass is 16.5. The van der Waals surface area contributed by atoms with Crippen LogP contribution >= 0.6 is 0 Å². The van der Waals surface area contributed by atoms with Gasteiger partial charge in [-0.1, -0.05) is 30.3 Å². The van der Waals surface area contributed by atoms with Gasteiger partial charge < -0.3 is 20.7 Å². The fraction of sp³-hybridized carbons (Fsp3) is 0.579. The maximum atomic E-state index is 12.4. The molecule has 0 aliphatic carbocycles. The molecule has 3 N–H and O–H groups in total. The first-order valence-electron chi connectivity index (χ1n) is 9.26. The Labute approximate surface area is 154 Å². The van der Waals surface area contributed by atoms with Gasteiger partial charge in [-0.3, -0.25) is 14.5 Å². The molecule has 0 spiro atoms. The van der Waals surface area contributed by atoms with E-state index < -0.39 is 5.54 Å². The summed E-state index contributed by atoms with van der Waals surface area (Å²) in [6.45, 7) is 4.93. The molecule has 1 aromatic rings. The van der Waals surface area contributed by atoms with Crippen LogP contribution in [0.25, 0.3) is 0 Å². The highest BCUT2D eigenvalue weighted by Crippen LogP contribution is 2.17. The second kappa shape index (κ2) is 8.62. The van der Waals surface area contributed by atoms with Crippen molar-refractivity contribution in [1.29, 1.82) is 0 Å². The van der Waals surface area contributed by atoms with E-state index in [0.717, 1.165) is 19.6 Å². The first-order valence-corrected chi connectivity index (χ1v) is 9.26. The fourth-order valence-electron chi connectivity index (χ4n) is 3.40. The van der Waals surface area contributed by atoms with Gasteiger partial charge in [-0.2, -0.15) is 0 Å². The van der Waals surface area contributed by atoms with Crippen LogP contribution in [0.3, 0.4) is 0 Å². The van der Waals surface area contributed by atoms with Gasteiger partial charge in [-0.15, -0.1) is 0 Å². The van der Waals surface area contributed by atoms with Gasteiger partial charge in [0.2, 0.25) is 11.8 Å². The zero-order valence-corrected chi connectivity index (χ0v) is 15.2. The van der Waals surface area contributed by atoms with Crippen LogP contribution in [0.2, 0.25) is 0 Å². The van der Waals surface area contributed by atoms with Gasteiger partial charge >= 0.3 is 0 Å². The SMILES string of the molecule is NC1(C(=O)NCC(=O)N2CCN(Cc3ccccc3)CC2)CCOCC1. The van der Waals surface area contributed by atoms with E-state index in [9.17, 15) is 9.59 Å². The van der Waals surface area contributed by atoms with E-state index in [1.54, 1.807) is 0 Å². The van der Waals surface area contributed by atoms with E-state index in [2.05, 4.69) is 22.3 Å². The first kappa shape index (κ1) is 18.8. The summed E-state index contributed by atoms with van der Waals surface area (Å²) in [6.07, 6.45) is 0.983. The highest BCUT2D eigenvalue weighted by molar-refractivity contribution is 5.90. The number of carbonyl (C=O) groups excluding carboxylic acids is 2. The van der Waals surface area contributed by atoms with E-state index in [4.69, 9.17) is 10.5 Å². The molecule has 0 aromatic heterocycles. The highest BCUT2D eigenvalue weighted by Gasteiger charge is 2.36. The minimum absolute atomic E-state index is 0.0112. The summed E-state index contributed by atoms with van der Waals surface area (Å²) in [7, 11) is 0. The van der Waals surface area contributed by atoms with Gasteiger partial charge in [-0.25, -0.2) is 0 Å². The number of carbonyl (C=O) groups is 2. The minimum atomic E-state index is -0.910. The number of ether oxygens (including phenoxy) is 1. The Kier molecular flexibility index (Phi) is 6.24. The lowest BCUT2D eigenvalue weighted by atomic mass is 9.90. The van der Waals surface area contributed by atoms with Crippen LogP contribution in [-0.4, -0.2) is 73.1 Å². The third kappa shape index (κ3) is 4.81. The van der Waals surface area contributed by atoms with Gasteiger partial charge in [0.1, 0.15) is 0 Å². The predicted octanol–water partition coefficient (Wildman–Crippen LogP) is -0.0451. The van der Waals surface area contributed by atoms with Gasteiger partial charge in [0, 0.05) is 45.9 Å². The van der Waals surface area contributed by atoms with Crippen LogP contribution < -0.4 is 11.1 Å². The molecule has 2 fully saturated rings. The van der Waals surface area contributed by atoms with Crippen molar-refractivity contribution in [3.05, 3.63) is 35.9 Å². The largest absolute Gasteiger partial charge is 0.381 e. The summed E-state index contributed by atoms with van der Waals surface area (Å²) in [5.74, 6) is -0.301. The lowest BCUT2D eigenvalue weighted by Crippen LogP contribution is -2.58. The molecule has 0 radical (unpaired) electrons. The molecule has 0 unspecified atom stereocenters. The van der Waals surface area contributed by atoms with Crippen molar-refractivity contribution >= 4 is 11.8 Å². The third-order valence-corrected chi connectivity index (χ3v) is 5.21. The quantitative estimate of drug-likeness (QED) is 0.769. The summed E-state index contributed by atoms with van der Waals surface area (Å²) in [5, 5.41) is 2.72. The zero-order chi connectivity index (χ0) is 18.4. The van der Waals surface area contributed by atoms with Crippen LogP contribution in [0.15, 0.2) is 30.3 Å². The lowest BCUT2D eigenvalue weighted by molar-refractivity contribution is -0.136. The molecule has 7 nitrogen and oxygen atoms in total. The number of rotatable bonds is 5. The summed E-state index contributed by atoms with van der Waals surface area (Å²) in [5.41, 5.74) is 6.51. The Hall–Kier alpha value is -1.96. The topological polar surface area (TPSA) is 87.9 Å². The van der Waals surface area contributed by atoms with Gasteiger partial charge in [0.05, 0.1) is 12.1 Å². The minimum Gasteiger partial charge on any atom is -0.381 e. The van der Waals surface area contributed by atoms with Crippen LogP contribution in [0, 0.1) is 0 Å². The Bertz CT molecular complexity index is 608. The average Bonchev–Trinajstić information content (AvgIpc) is 2.68. The molecule has 0 bridgehead atoms. The van der Waals surface area contributed by atoms with Crippen molar-refractivity contribution in [3.8, 4) is 0 Å². The maximum Gasteiger partial charge on any atom is 0.242 e. The Morgan fingerprint density at radius 1 is 1.08 bits per heavy atom. The van der Waals surface area contributed by atoms with Crippen LogP contribution in [0.4, 0.5) is 0 Å². The van der Waals surface area contributed by atoms with Crippen LogP contribution in [0.1, 0.15) is 18.4 Å². The molecule has 7 heteroatoms. The molecule has 142 valence electrons. The average molecular weight is 360 g/mol. The van der Waals surface area contributed by atoms with Gasteiger partial charge in [0.25, 0.3) is 0 Å². The molecule has 1 aromatic carbocycles.